The topological polar surface area (TPSA) is 71.4 Å². The first-order chi connectivity index (χ1) is 13.6. The Kier molecular flexibility index (Phi) is 5.05. The number of aliphatic imine (C=N–C) groups is 1. The van der Waals surface area contributed by atoms with Crippen LogP contribution in [0.1, 0.15) is 29.3 Å². The molecule has 146 valence electrons. The SMILES string of the molecule is COc1cc2c(cc1OCc1ccccc1)N=C[C@@H]1CC(C(C)O)CN1C2=O. The molecule has 1 N–H and O–H groups in total. The summed E-state index contributed by atoms with van der Waals surface area (Å²) < 4.78 is 11.4. The van der Waals surface area contributed by atoms with E-state index < -0.39 is 6.10 Å². The van der Waals surface area contributed by atoms with Crippen molar-refractivity contribution in [3.05, 3.63) is 53.6 Å². The van der Waals surface area contributed by atoms with Crippen LogP contribution in [0.4, 0.5) is 5.69 Å². The lowest BCUT2D eigenvalue weighted by Crippen LogP contribution is -2.36. The van der Waals surface area contributed by atoms with Crippen molar-refractivity contribution in [3.63, 3.8) is 0 Å². The molecule has 1 fully saturated rings. The summed E-state index contributed by atoms with van der Waals surface area (Å²) in [5, 5.41) is 9.90. The first kappa shape index (κ1) is 18.5. The number of hydrogen-bond acceptors (Lipinski definition) is 5. The van der Waals surface area contributed by atoms with Crippen LogP contribution >= 0.6 is 0 Å². The Balaban J connectivity index is 1.62. The molecule has 2 aromatic carbocycles. The molecule has 2 aliphatic heterocycles. The van der Waals surface area contributed by atoms with Gasteiger partial charge in [-0.05, 0) is 25.0 Å². The summed E-state index contributed by atoms with van der Waals surface area (Å²) in [6.45, 7) is 2.70. The fraction of sp³-hybridized carbons (Fsp3) is 0.364. The number of methoxy groups -OCH3 is 1. The Bertz CT molecular complexity index is 895. The fourth-order valence-electron chi connectivity index (χ4n) is 3.78. The lowest BCUT2D eigenvalue weighted by molar-refractivity contribution is 0.0747. The summed E-state index contributed by atoms with van der Waals surface area (Å²) >= 11 is 0. The zero-order chi connectivity index (χ0) is 19.7. The van der Waals surface area contributed by atoms with Crippen LogP contribution in [0.2, 0.25) is 0 Å². The summed E-state index contributed by atoms with van der Waals surface area (Å²) in [6, 6.07) is 13.2. The van der Waals surface area contributed by atoms with E-state index in [4.69, 9.17) is 9.47 Å². The number of ether oxygens (including phenoxy) is 2. The van der Waals surface area contributed by atoms with Gasteiger partial charge >= 0.3 is 0 Å². The van der Waals surface area contributed by atoms with Gasteiger partial charge in [-0.15, -0.1) is 0 Å². The molecule has 4 rings (SSSR count). The molecule has 0 bridgehead atoms. The number of aliphatic hydroxyl groups is 1. The van der Waals surface area contributed by atoms with E-state index in [2.05, 4.69) is 4.99 Å². The van der Waals surface area contributed by atoms with Crippen LogP contribution in [0.5, 0.6) is 11.5 Å². The van der Waals surface area contributed by atoms with E-state index >= 15 is 0 Å². The maximum atomic E-state index is 13.1. The Hall–Kier alpha value is -2.86. The molecule has 0 radical (unpaired) electrons. The molecular weight excluding hydrogens is 356 g/mol. The molecule has 2 aromatic rings. The second-order valence-electron chi connectivity index (χ2n) is 7.33. The number of fused-ring (bicyclic) bond motifs is 2. The van der Waals surface area contributed by atoms with E-state index in [1.54, 1.807) is 37.3 Å². The summed E-state index contributed by atoms with van der Waals surface area (Å²) in [4.78, 5) is 19.5. The molecule has 2 heterocycles. The van der Waals surface area contributed by atoms with Gasteiger partial charge in [-0.2, -0.15) is 0 Å². The molecule has 0 aromatic heterocycles. The number of benzene rings is 2. The van der Waals surface area contributed by atoms with Crippen LogP contribution < -0.4 is 9.47 Å². The van der Waals surface area contributed by atoms with Gasteiger partial charge in [0.15, 0.2) is 11.5 Å². The summed E-state index contributed by atoms with van der Waals surface area (Å²) in [5.74, 6) is 1.04. The number of carbonyl (C=O) groups is 1. The van der Waals surface area contributed by atoms with Crippen molar-refractivity contribution in [1.29, 1.82) is 0 Å². The number of hydrogen-bond donors (Lipinski definition) is 1. The van der Waals surface area contributed by atoms with Crippen LogP contribution in [0.15, 0.2) is 47.5 Å². The van der Waals surface area contributed by atoms with Gasteiger partial charge in [-0.25, -0.2) is 0 Å². The molecule has 3 atom stereocenters. The van der Waals surface area contributed by atoms with Crippen LogP contribution in [-0.2, 0) is 6.61 Å². The average molecular weight is 380 g/mol. The highest BCUT2D eigenvalue weighted by molar-refractivity contribution is 6.03. The number of nitrogens with zero attached hydrogens (tertiary/aromatic N) is 2. The first-order valence-electron chi connectivity index (χ1n) is 9.49. The van der Waals surface area contributed by atoms with E-state index in [1.165, 1.54) is 0 Å². The largest absolute Gasteiger partial charge is 0.493 e. The smallest absolute Gasteiger partial charge is 0.256 e. The van der Waals surface area contributed by atoms with Gasteiger partial charge in [0.25, 0.3) is 5.91 Å². The highest BCUT2D eigenvalue weighted by atomic mass is 16.5. The summed E-state index contributed by atoms with van der Waals surface area (Å²) in [6.07, 6.45) is 2.07. The van der Waals surface area contributed by atoms with Gasteiger partial charge in [-0.1, -0.05) is 30.3 Å². The molecule has 1 saturated heterocycles. The average Bonchev–Trinajstić information content (AvgIpc) is 3.10. The molecule has 6 heteroatoms. The number of rotatable bonds is 5. The summed E-state index contributed by atoms with van der Waals surface area (Å²) in [5.41, 5.74) is 2.12. The molecule has 28 heavy (non-hydrogen) atoms. The maximum absolute atomic E-state index is 13.1. The van der Waals surface area contributed by atoms with E-state index in [1.807, 2.05) is 30.3 Å². The van der Waals surface area contributed by atoms with E-state index in [0.717, 1.165) is 12.0 Å². The zero-order valence-corrected chi connectivity index (χ0v) is 16.0. The van der Waals surface area contributed by atoms with Crippen LogP contribution in [-0.4, -0.2) is 47.9 Å². The minimum atomic E-state index is -0.448. The lowest BCUT2D eigenvalue weighted by atomic mass is 10.0. The normalized spacial score (nSPS) is 21.7. The standard InChI is InChI=1S/C22H24N2O4/c1-14(25)16-8-17-11-23-19-10-21(28-13-15-6-4-3-5-7-15)20(27-2)9-18(19)22(26)24(17)12-16/h3-7,9-11,14,16-17,25H,8,12-13H2,1-2H3/t14?,16?,17-/m0/s1. The molecular formula is C22H24N2O4. The van der Waals surface area contributed by atoms with Gasteiger partial charge in [0, 0.05) is 24.7 Å². The Labute approximate surface area is 164 Å². The van der Waals surface area contributed by atoms with Crippen LogP contribution in [0.3, 0.4) is 0 Å². The van der Waals surface area contributed by atoms with Crippen molar-refractivity contribution < 1.29 is 19.4 Å². The minimum Gasteiger partial charge on any atom is -0.493 e. The quantitative estimate of drug-likeness (QED) is 0.865. The number of aliphatic hydroxyl groups excluding tert-OH is 1. The molecule has 1 amide bonds. The monoisotopic (exact) mass is 380 g/mol. The highest BCUT2D eigenvalue weighted by Crippen LogP contribution is 2.39. The third kappa shape index (κ3) is 3.47. The Morgan fingerprint density at radius 1 is 1.25 bits per heavy atom. The first-order valence-corrected chi connectivity index (χ1v) is 9.49. The van der Waals surface area contributed by atoms with Gasteiger partial charge in [-0.3, -0.25) is 9.79 Å². The third-order valence-corrected chi connectivity index (χ3v) is 5.45. The Morgan fingerprint density at radius 3 is 2.75 bits per heavy atom. The van der Waals surface area contributed by atoms with Crippen molar-refractivity contribution in [2.45, 2.75) is 32.1 Å². The second-order valence-corrected chi connectivity index (χ2v) is 7.33. The van der Waals surface area contributed by atoms with E-state index in [9.17, 15) is 9.90 Å². The maximum Gasteiger partial charge on any atom is 0.256 e. The number of amides is 1. The van der Waals surface area contributed by atoms with Crippen molar-refractivity contribution in [1.82, 2.24) is 4.90 Å². The van der Waals surface area contributed by atoms with Crippen molar-refractivity contribution in [2.24, 2.45) is 10.9 Å². The predicted molar refractivity (Wildman–Crippen MR) is 107 cm³/mol. The molecule has 0 saturated carbocycles. The van der Waals surface area contributed by atoms with Gasteiger partial charge in [0.05, 0.1) is 30.5 Å². The van der Waals surface area contributed by atoms with E-state index in [0.29, 0.717) is 35.9 Å². The lowest BCUT2D eigenvalue weighted by Gasteiger charge is -2.21. The minimum absolute atomic E-state index is 0.0670. The highest BCUT2D eigenvalue weighted by Gasteiger charge is 2.39. The van der Waals surface area contributed by atoms with Crippen molar-refractivity contribution in [2.75, 3.05) is 13.7 Å². The summed E-state index contributed by atoms with van der Waals surface area (Å²) in [7, 11) is 1.56. The van der Waals surface area contributed by atoms with Crippen molar-refractivity contribution >= 4 is 17.8 Å². The van der Waals surface area contributed by atoms with Crippen LogP contribution in [0.25, 0.3) is 0 Å². The van der Waals surface area contributed by atoms with Crippen LogP contribution in [0, 0.1) is 5.92 Å². The molecule has 6 nitrogen and oxygen atoms in total. The molecule has 2 unspecified atom stereocenters. The van der Waals surface area contributed by atoms with Gasteiger partial charge < -0.3 is 19.5 Å². The van der Waals surface area contributed by atoms with Gasteiger partial charge in [0.2, 0.25) is 0 Å². The third-order valence-electron chi connectivity index (χ3n) is 5.45. The van der Waals surface area contributed by atoms with Crippen molar-refractivity contribution in [3.8, 4) is 11.5 Å². The number of carbonyl (C=O) groups excluding carboxylic acids is 1. The Morgan fingerprint density at radius 2 is 2.04 bits per heavy atom. The van der Waals surface area contributed by atoms with E-state index in [-0.39, 0.29) is 17.9 Å². The second kappa shape index (κ2) is 7.64. The predicted octanol–water partition coefficient (Wildman–Crippen LogP) is 3.20. The zero-order valence-electron chi connectivity index (χ0n) is 16.0. The molecule has 0 spiro atoms. The molecule has 0 aliphatic carbocycles. The fourth-order valence-corrected chi connectivity index (χ4v) is 3.78. The van der Waals surface area contributed by atoms with Gasteiger partial charge in [0.1, 0.15) is 6.61 Å². The molecule has 2 aliphatic rings.